The van der Waals surface area contributed by atoms with Crippen LogP contribution in [0.15, 0.2) is 35.7 Å². The Morgan fingerprint density at radius 3 is 2.27 bits per heavy atom. The molecule has 0 spiro atoms. The lowest BCUT2D eigenvalue weighted by molar-refractivity contribution is 0.0996. The van der Waals surface area contributed by atoms with Gasteiger partial charge in [-0.3, -0.25) is 4.79 Å². The predicted molar refractivity (Wildman–Crippen MR) is 88.5 cm³/mol. The molecule has 3 aliphatic carbocycles. The van der Waals surface area contributed by atoms with Crippen molar-refractivity contribution in [2.24, 2.45) is 29.4 Å². The molecule has 0 aliphatic heterocycles. The summed E-state index contributed by atoms with van der Waals surface area (Å²) in [7, 11) is 0. The van der Waals surface area contributed by atoms with E-state index in [4.69, 9.17) is 5.73 Å². The van der Waals surface area contributed by atoms with E-state index in [2.05, 4.69) is 4.98 Å². The Bertz CT molecular complexity index is 665. The summed E-state index contributed by atoms with van der Waals surface area (Å²) < 4.78 is 0. The van der Waals surface area contributed by atoms with Crippen LogP contribution in [-0.4, -0.2) is 10.9 Å². The Labute approximate surface area is 134 Å². The lowest BCUT2D eigenvalue weighted by atomic mass is 10.0. The fourth-order valence-corrected chi connectivity index (χ4v) is 4.60. The molecule has 1 aromatic carbocycles. The second-order valence-electron chi connectivity index (χ2n) is 6.66. The third kappa shape index (κ3) is 2.80. The van der Waals surface area contributed by atoms with Crippen molar-refractivity contribution in [2.75, 3.05) is 0 Å². The van der Waals surface area contributed by atoms with Crippen molar-refractivity contribution in [3.63, 3.8) is 0 Å². The Morgan fingerprint density at radius 1 is 1.09 bits per heavy atom. The number of nitrogens with two attached hydrogens (primary N) is 1. The monoisotopic (exact) mass is 312 g/mol. The molecule has 2 N–H and O–H groups in total. The second-order valence-corrected chi connectivity index (χ2v) is 7.52. The lowest BCUT2D eigenvalue weighted by Crippen LogP contribution is -2.10. The van der Waals surface area contributed by atoms with Crippen LogP contribution in [0.3, 0.4) is 0 Å². The van der Waals surface area contributed by atoms with Gasteiger partial charge in [0.25, 0.3) is 5.91 Å². The maximum Gasteiger partial charge on any atom is 0.268 e. The molecule has 3 fully saturated rings. The summed E-state index contributed by atoms with van der Waals surface area (Å²) in [6, 6.07) is 9.70. The molecule has 3 nitrogen and oxygen atoms in total. The van der Waals surface area contributed by atoms with Crippen LogP contribution in [0.25, 0.3) is 10.6 Å². The molecule has 4 atom stereocenters. The van der Waals surface area contributed by atoms with Crippen LogP contribution in [-0.2, 0) is 0 Å². The number of carbonyl (C=O) groups is 1. The summed E-state index contributed by atoms with van der Waals surface area (Å²) in [4.78, 5) is 14.9. The molecule has 1 aromatic heterocycles. The van der Waals surface area contributed by atoms with E-state index in [0.717, 1.165) is 10.6 Å². The third-order valence-corrected chi connectivity index (χ3v) is 6.08. The number of fused-ring (bicyclic) bond motifs is 3. The van der Waals surface area contributed by atoms with Crippen LogP contribution in [0, 0.1) is 23.7 Å². The first-order valence-electron chi connectivity index (χ1n) is 8.03. The van der Waals surface area contributed by atoms with Gasteiger partial charge in [0.05, 0.1) is 0 Å². The van der Waals surface area contributed by atoms with Crippen molar-refractivity contribution in [1.82, 2.24) is 4.98 Å². The number of thiazole rings is 1. The standard InChI is InChI=1S/C10H8N2OS.C8H12/c11-9(13)8-6-14-10(12-8)7-4-2-1-3-5-7;1-2-6-4-8(6)7-3-5(1)7/h1-6H,(H2,11,13);5-8H,1-4H2/t;5-,6+,7?,8?. The van der Waals surface area contributed by atoms with Crippen LogP contribution in [0.1, 0.15) is 36.2 Å². The highest BCUT2D eigenvalue weighted by atomic mass is 32.1. The predicted octanol–water partition coefficient (Wildman–Crippen LogP) is 3.96. The molecule has 3 saturated carbocycles. The summed E-state index contributed by atoms with van der Waals surface area (Å²) in [6.45, 7) is 0. The molecule has 114 valence electrons. The number of primary amides is 1. The zero-order chi connectivity index (χ0) is 15.1. The summed E-state index contributed by atoms with van der Waals surface area (Å²) in [5.41, 5.74) is 6.44. The van der Waals surface area contributed by atoms with E-state index in [0.29, 0.717) is 5.69 Å². The molecule has 22 heavy (non-hydrogen) atoms. The minimum atomic E-state index is -0.483. The number of aromatic nitrogens is 1. The Morgan fingerprint density at radius 2 is 1.73 bits per heavy atom. The molecule has 4 heteroatoms. The Balaban J connectivity index is 0.000000129. The van der Waals surface area contributed by atoms with Crippen LogP contribution in [0.4, 0.5) is 0 Å². The quantitative estimate of drug-likeness (QED) is 0.912. The van der Waals surface area contributed by atoms with Gasteiger partial charge in [-0.2, -0.15) is 0 Å². The molecule has 0 bridgehead atoms. The molecule has 2 aromatic rings. The maximum atomic E-state index is 10.8. The average molecular weight is 312 g/mol. The van der Waals surface area contributed by atoms with Crippen LogP contribution in [0.5, 0.6) is 0 Å². The van der Waals surface area contributed by atoms with Gasteiger partial charge in [0, 0.05) is 10.9 Å². The first kappa shape index (κ1) is 13.9. The number of hydrogen-bond acceptors (Lipinski definition) is 3. The van der Waals surface area contributed by atoms with Crippen molar-refractivity contribution in [1.29, 1.82) is 0 Å². The molecule has 1 amide bonds. The van der Waals surface area contributed by atoms with Crippen molar-refractivity contribution in [3.8, 4) is 10.6 Å². The highest BCUT2D eigenvalue weighted by molar-refractivity contribution is 7.13. The van der Waals surface area contributed by atoms with Gasteiger partial charge in [-0.1, -0.05) is 30.3 Å². The van der Waals surface area contributed by atoms with Crippen LogP contribution in [0.2, 0.25) is 0 Å². The fourth-order valence-electron chi connectivity index (χ4n) is 3.78. The van der Waals surface area contributed by atoms with E-state index in [1.54, 1.807) is 31.1 Å². The molecule has 5 rings (SSSR count). The Kier molecular flexibility index (Phi) is 3.49. The first-order chi connectivity index (χ1) is 10.7. The smallest absolute Gasteiger partial charge is 0.268 e. The summed E-state index contributed by atoms with van der Waals surface area (Å²) in [5, 5.41) is 2.49. The van der Waals surface area contributed by atoms with Crippen molar-refractivity contribution < 1.29 is 4.79 Å². The van der Waals surface area contributed by atoms with E-state index in [1.807, 2.05) is 30.3 Å². The van der Waals surface area contributed by atoms with E-state index < -0.39 is 5.91 Å². The van der Waals surface area contributed by atoms with Gasteiger partial charge in [-0.15, -0.1) is 11.3 Å². The maximum absolute atomic E-state index is 10.8. The third-order valence-electron chi connectivity index (χ3n) is 5.19. The van der Waals surface area contributed by atoms with Gasteiger partial charge in [0.2, 0.25) is 0 Å². The number of rotatable bonds is 2. The van der Waals surface area contributed by atoms with Crippen molar-refractivity contribution in [3.05, 3.63) is 41.4 Å². The molecule has 2 unspecified atom stereocenters. The van der Waals surface area contributed by atoms with Gasteiger partial charge < -0.3 is 5.73 Å². The topological polar surface area (TPSA) is 56.0 Å². The van der Waals surface area contributed by atoms with Crippen molar-refractivity contribution >= 4 is 17.2 Å². The fraction of sp³-hybridized carbons (Fsp3) is 0.444. The number of hydrogen-bond donors (Lipinski definition) is 1. The minimum absolute atomic E-state index is 0.328. The van der Waals surface area contributed by atoms with Gasteiger partial charge >= 0.3 is 0 Å². The van der Waals surface area contributed by atoms with E-state index in [1.165, 1.54) is 35.0 Å². The number of nitrogens with zero attached hydrogens (tertiary/aromatic N) is 1. The molecular weight excluding hydrogens is 292 g/mol. The number of carbonyl (C=O) groups excluding carboxylic acids is 1. The molecule has 0 radical (unpaired) electrons. The molecule has 0 saturated heterocycles. The zero-order valence-corrected chi connectivity index (χ0v) is 13.3. The van der Waals surface area contributed by atoms with Gasteiger partial charge in [0.1, 0.15) is 10.7 Å². The van der Waals surface area contributed by atoms with Gasteiger partial charge in [0.15, 0.2) is 0 Å². The molecule has 3 aliphatic rings. The zero-order valence-electron chi connectivity index (χ0n) is 12.4. The minimum Gasteiger partial charge on any atom is -0.364 e. The normalized spacial score (nSPS) is 30.4. The van der Waals surface area contributed by atoms with Gasteiger partial charge in [-0.05, 0) is 49.4 Å². The van der Waals surface area contributed by atoms with E-state index in [-0.39, 0.29) is 0 Å². The van der Waals surface area contributed by atoms with Crippen LogP contribution >= 0.6 is 11.3 Å². The SMILES string of the molecule is C1C[C@H]2CC2C2C[C@@H]12.NC(=O)c1csc(-c2ccccc2)n1. The van der Waals surface area contributed by atoms with Gasteiger partial charge in [-0.25, -0.2) is 4.98 Å². The highest BCUT2D eigenvalue weighted by Crippen LogP contribution is 2.65. The largest absolute Gasteiger partial charge is 0.364 e. The second kappa shape index (κ2) is 5.51. The van der Waals surface area contributed by atoms with Crippen molar-refractivity contribution in [2.45, 2.75) is 25.7 Å². The lowest BCUT2D eigenvalue weighted by Gasteiger charge is -2.04. The number of benzene rings is 1. The molecular formula is C18H20N2OS. The average Bonchev–Trinajstić information content (AvgIpc) is 3.42. The summed E-state index contributed by atoms with van der Waals surface area (Å²) in [6.07, 6.45) is 6.40. The van der Waals surface area contributed by atoms with Crippen LogP contribution < -0.4 is 5.73 Å². The summed E-state index contributed by atoms with van der Waals surface area (Å²) in [5.74, 6) is 4.45. The molecule has 1 heterocycles. The van der Waals surface area contributed by atoms with E-state index >= 15 is 0 Å². The number of amides is 1. The Hall–Kier alpha value is -1.68. The van der Waals surface area contributed by atoms with E-state index in [9.17, 15) is 4.79 Å². The first-order valence-corrected chi connectivity index (χ1v) is 8.91. The highest BCUT2D eigenvalue weighted by Gasteiger charge is 2.56. The summed E-state index contributed by atoms with van der Waals surface area (Å²) >= 11 is 1.42.